The first-order valence-electron chi connectivity index (χ1n) is 6.53. The van der Waals surface area contributed by atoms with Gasteiger partial charge in [0, 0.05) is 12.1 Å². The predicted octanol–water partition coefficient (Wildman–Crippen LogP) is 3.59. The minimum Gasteiger partial charge on any atom is -0.493 e. The molecule has 1 amide bonds. The van der Waals surface area contributed by atoms with Crippen molar-refractivity contribution in [2.24, 2.45) is 0 Å². The molecule has 0 bridgehead atoms. The maximum absolute atomic E-state index is 13.8. The molecule has 2 aromatic carbocycles. The van der Waals surface area contributed by atoms with Crippen molar-refractivity contribution in [1.82, 2.24) is 0 Å². The Morgan fingerprint density at radius 2 is 1.68 bits per heavy atom. The first kappa shape index (κ1) is 15.6. The molecule has 0 aliphatic carbocycles. The van der Waals surface area contributed by atoms with Crippen molar-refractivity contribution in [2.75, 3.05) is 19.5 Å². The minimum atomic E-state index is -0.653. The third-order valence-corrected chi connectivity index (χ3v) is 2.90. The standard InChI is InChI=1S/C16H16FNO4/c1-20-13-8-12(9-14(21-2)15(13)17)18-16(19)22-10-11-6-4-3-5-7-11/h3-9H,10H2,1-2H3,(H,18,19). The van der Waals surface area contributed by atoms with Gasteiger partial charge in [-0.05, 0) is 5.56 Å². The summed E-state index contributed by atoms with van der Waals surface area (Å²) < 4.78 is 28.6. The van der Waals surface area contributed by atoms with Gasteiger partial charge in [0.05, 0.1) is 19.9 Å². The second-order valence-corrected chi connectivity index (χ2v) is 4.38. The van der Waals surface area contributed by atoms with Crippen LogP contribution in [0.1, 0.15) is 5.56 Å². The molecule has 116 valence electrons. The summed E-state index contributed by atoms with van der Waals surface area (Å²) in [5.41, 5.74) is 1.18. The second kappa shape index (κ2) is 7.31. The SMILES string of the molecule is COc1cc(NC(=O)OCc2ccccc2)cc(OC)c1F. The van der Waals surface area contributed by atoms with Crippen LogP contribution < -0.4 is 14.8 Å². The summed E-state index contributed by atoms with van der Waals surface area (Å²) in [7, 11) is 2.66. The molecule has 0 heterocycles. The number of nitrogens with one attached hydrogen (secondary N) is 1. The van der Waals surface area contributed by atoms with E-state index in [1.54, 1.807) is 0 Å². The lowest BCUT2D eigenvalue weighted by Crippen LogP contribution is -2.13. The number of benzene rings is 2. The molecule has 0 saturated carbocycles. The topological polar surface area (TPSA) is 56.8 Å². The van der Waals surface area contributed by atoms with E-state index in [1.807, 2.05) is 30.3 Å². The molecule has 0 aliphatic heterocycles. The zero-order valence-electron chi connectivity index (χ0n) is 12.3. The van der Waals surface area contributed by atoms with Crippen molar-refractivity contribution in [3.8, 4) is 11.5 Å². The van der Waals surface area contributed by atoms with Gasteiger partial charge in [-0.25, -0.2) is 4.79 Å². The summed E-state index contributed by atoms with van der Waals surface area (Å²) in [6, 6.07) is 12.0. The van der Waals surface area contributed by atoms with Crippen molar-refractivity contribution in [3.63, 3.8) is 0 Å². The maximum Gasteiger partial charge on any atom is 0.411 e. The van der Waals surface area contributed by atoms with Gasteiger partial charge in [0.1, 0.15) is 6.61 Å². The van der Waals surface area contributed by atoms with E-state index in [2.05, 4.69) is 5.32 Å². The van der Waals surface area contributed by atoms with Crippen LogP contribution in [-0.4, -0.2) is 20.3 Å². The summed E-state index contributed by atoms with van der Waals surface area (Å²) >= 11 is 0. The van der Waals surface area contributed by atoms with E-state index in [-0.39, 0.29) is 18.1 Å². The molecule has 0 saturated heterocycles. The molecule has 0 radical (unpaired) electrons. The lowest BCUT2D eigenvalue weighted by atomic mass is 10.2. The molecule has 2 rings (SSSR count). The molecule has 0 aromatic heterocycles. The number of hydrogen-bond donors (Lipinski definition) is 1. The number of hydrogen-bond acceptors (Lipinski definition) is 4. The molecule has 0 aliphatic rings. The Labute approximate surface area is 127 Å². The van der Waals surface area contributed by atoms with Crippen molar-refractivity contribution in [3.05, 3.63) is 53.8 Å². The molecular formula is C16H16FNO4. The number of anilines is 1. The normalized spacial score (nSPS) is 9.95. The minimum absolute atomic E-state index is 0.0299. The van der Waals surface area contributed by atoms with Gasteiger partial charge in [-0.15, -0.1) is 0 Å². The summed E-state index contributed by atoms with van der Waals surface area (Å²) in [5.74, 6) is -0.691. The molecule has 22 heavy (non-hydrogen) atoms. The Morgan fingerprint density at radius 1 is 1.09 bits per heavy atom. The number of halogens is 1. The van der Waals surface area contributed by atoms with E-state index in [9.17, 15) is 9.18 Å². The van der Waals surface area contributed by atoms with E-state index in [1.165, 1.54) is 26.4 Å². The number of amides is 1. The van der Waals surface area contributed by atoms with Gasteiger partial charge in [-0.2, -0.15) is 4.39 Å². The number of carbonyl (C=O) groups is 1. The van der Waals surface area contributed by atoms with Crippen LogP contribution in [0.2, 0.25) is 0 Å². The van der Waals surface area contributed by atoms with Crippen LogP contribution in [0.25, 0.3) is 0 Å². The fourth-order valence-electron chi connectivity index (χ4n) is 1.82. The van der Waals surface area contributed by atoms with Gasteiger partial charge >= 0.3 is 6.09 Å². The zero-order chi connectivity index (χ0) is 15.9. The van der Waals surface area contributed by atoms with Crippen LogP contribution in [0.3, 0.4) is 0 Å². The Bertz CT molecular complexity index is 621. The van der Waals surface area contributed by atoms with E-state index in [4.69, 9.17) is 14.2 Å². The highest BCUT2D eigenvalue weighted by Crippen LogP contribution is 2.31. The number of methoxy groups -OCH3 is 2. The first-order chi connectivity index (χ1) is 10.6. The molecule has 5 nitrogen and oxygen atoms in total. The van der Waals surface area contributed by atoms with Gasteiger partial charge in [0.15, 0.2) is 11.5 Å². The number of rotatable bonds is 5. The highest BCUT2D eigenvalue weighted by atomic mass is 19.1. The average Bonchev–Trinajstić information content (AvgIpc) is 2.55. The van der Waals surface area contributed by atoms with E-state index in [0.717, 1.165) is 5.56 Å². The third-order valence-electron chi connectivity index (χ3n) is 2.90. The first-order valence-corrected chi connectivity index (χ1v) is 6.53. The van der Waals surface area contributed by atoms with Crippen LogP contribution in [0.5, 0.6) is 11.5 Å². The van der Waals surface area contributed by atoms with Crippen molar-refractivity contribution in [1.29, 1.82) is 0 Å². The number of carbonyl (C=O) groups excluding carboxylic acids is 1. The van der Waals surface area contributed by atoms with Crippen LogP contribution in [-0.2, 0) is 11.3 Å². The average molecular weight is 305 g/mol. The third kappa shape index (κ3) is 3.88. The van der Waals surface area contributed by atoms with Gasteiger partial charge in [-0.1, -0.05) is 30.3 Å². The van der Waals surface area contributed by atoms with Crippen LogP contribution >= 0.6 is 0 Å². The largest absolute Gasteiger partial charge is 0.493 e. The molecule has 6 heteroatoms. The van der Waals surface area contributed by atoms with Gasteiger partial charge in [0.25, 0.3) is 0 Å². The molecular weight excluding hydrogens is 289 g/mol. The van der Waals surface area contributed by atoms with Crippen molar-refractivity contribution >= 4 is 11.8 Å². The Hall–Kier alpha value is -2.76. The highest BCUT2D eigenvalue weighted by Gasteiger charge is 2.14. The summed E-state index contributed by atoms with van der Waals surface area (Å²) in [4.78, 5) is 11.8. The molecule has 0 spiro atoms. The molecule has 1 N–H and O–H groups in total. The van der Waals surface area contributed by atoms with Crippen molar-refractivity contribution in [2.45, 2.75) is 6.61 Å². The van der Waals surface area contributed by atoms with Gasteiger partial charge in [-0.3, -0.25) is 5.32 Å². The zero-order valence-corrected chi connectivity index (χ0v) is 12.3. The lowest BCUT2D eigenvalue weighted by molar-refractivity contribution is 0.155. The van der Waals surface area contributed by atoms with Crippen LogP contribution in [0.4, 0.5) is 14.9 Å². The summed E-state index contributed by atoms with van der Waals surface area (Å²) in [5, 5.41) is 2.50. The highest BCUT2D eigenvalue weighted by molar-refractivity contribution is 5.85. The molecule has 0 fully saturated rings. The van der Waals surface area contributed by atoms with E-state index < -0.39 is 11.9 Å². The van der Waals surface area contributed by atoms with E-state index >= 15 is 0 Å². The Morgan fingerprint density at radius 3 is 2.23 bits per heavy atom. The summed E-state index contributed by atoms with van der Waals surface area (Å²) in [6.07, 6.45) is -0.653. The summed E-state index contributed by atoms with van der Waals surface area (Å²) in [6.45, 7) is 0.141. The van der Waals surface area contributed by atoms with Crippen molar-refractivity contribution < 1.29 is 23.4 Å². The Kier molecular flexibility index (Phi) is 5.19. The molecule has 2 aromatic rings. The van der Waals surface area contributed by atoms with Crippen LogP contribution in [0.15, 0.2) is 42.5 Å². The second-order valence-electron chi connectivity index (χ2n) is 4.38. The van der Waals surface area contributed by atoms with Gasteiger partial charge in [0.2, 0.25) is 5.82 Å². The monoisotopic (exact) mass is 305 g/mol. The molecule has 0 unspecified atom stereocenters. The lowest BCUT2D eigenvalue weighted by Gasteiger charge is -2.11. The quantitative estimate of drug-likeness (QED) is 0.917. The fraction of sp³-hybridized carbons (Fsp3) is 0.188. The number of ether oxygens (including phenoxy) is 3. The maximum atomic E-state index is 13.8. The van der Waals surface area contributed by atoms with Crippen LogP contribution in [0, 0.1) is 5.82 Å². The smallest absolute Gasteiger partial charge is 0.411 e. The Balaban J connectivity index is 2.02. The predicted molar refractivity (Wildman–Crippen MR) is 79.8 cm³/mol. The van der Waals surface area contributed by atoms with E-state index in [0.29, 0.717) is 5.69 Å². The molecule has 0 atom stereocenters. The fourth-order valence-corrected chi connectivity index (χ4v) is 1.82. The van der Waals surface area contributed by atoms with Gasteiger partial charge < -0.3 is 14.2 Å².